The van der Waals surface area contributed by atoms with Crippen LogP contribution in [0.2, 0.25) is 0 Å². The first-order valence-corrected chi connectivity index (χ1v) is 10.8. The van der Waals surface area contributed by atoms with E-state index in [9.17, 15) is 4.79 Å². The monoisotopic (exact) mass is 443 g/mol. The van der Waals surface area contributed by atoms with E-state index in [1.807, 2.05) is 56.3 Å². The second kappa shape index (κ2) is 10.0. The second-order valence-electron chi connectivity index (χ2n) is 7.17. The molecule has 0 atom stereocenters. The minimum absolute atomic E-state index is 0.211. The standard InChI is InChI=1S/C27H25NO5/c1-4-31-20-13-11-19(12-14-20)26(29)21(27-28-22-8-6-7-9-23(22)33-27)16-18-10-15-24(32-5-2)25(17-18)30-3/h6-17H,4-5H2,1-3H3. The maximum absolute atomic E-state index is 13.6. The highest BCUT2D eigenvalue weighted by molar-refractivity contribution is 6.31. The lowest BCUT2D eigenvalue weighted by atomic mass is 10.0. The third-order valence-corrected chi connectivity index (χ3v) is 4.99. The number of fused-ring (bicyclic) bond motifs is 1. The van der Waals surface area contributed by atoms with E-state index < -0.39 is 0 Å². The number of methoxy groups -OCH3 is 1. The molecule has 0 bridgehead atoms. The fourth-order valence-electron chi connectivity index (χ4n) is 3.45. The quantitative estimate of drug-likeness (QED) is 0.231. The summed E-state index contributed by atoms with van der Waals surface area (Å²) in [6.07, 6.45) is 1.75. The molecule has 0 aliphatic carbocycles. The first kappa shape index (κ1) is 22.1. The first-order valence-electron chi connectivity index (χ1n) is 10.8. The number of hydrogen-bond acceptors (Lipinski definition) is 6. The van der Waals surface area contributed by atoms with Gasteiger partial charge in [-0.05, 0) is 74.0 Å². The smallest absolute Gasteiger partial charge is 0.231 e. The van der Waals surface area contributed by atoms with Crippen LogP contribution in [0.5, 0.6) is 17.2 Å². The Hall–Kier alpha value is -4.06. The van der Waals surface area contributed by atoms with E-state index >= 15 is 0 Å². The third kappa shape index (κ3) is 4.90. The number of rotatable bonds is 9. The van der Waals surface area contributed by atoms with Gasteiger partial charge in [0, 0.05) is 5.56 Å². The van der Waals surface area contributed by atoms with Crippen molar-refractivity contribution in [3.63, 3.8) is 0 Å². The summed E-state index contributed by atoms with van der Waals surface area (Å²) in [5.74, 6) is 1.97. The van der Waals surface area contributed by atoms with Crippen LogP contribution in [-0.4, -0.2) is 31.1 Å². The van der Waals surface area contributed by atoms with Gasteiger partial charge in [0.05, 0.1) is 25.9 Å². The van der Waals surface area contributed by atoms with Crippen LogP contribution in [0.4, 0.5) is 0 Å². The Morgan fingerprint density at radius 3 is 2.39 bits per heavy atom. The van der Waals surface area contributed by atoms with E-state index in [-0.39, 0.29) is 11.7 Å². The number of nitrogens with zero attached hydrogens (tertiary/aromatic N) is 1. The zero-order chi connectivity index (χ0) is 23.2. The van der Waals surface area contributed by atoms with Gasteiger partial charge in [-0.1, -0.05) is 18.2 Å². The van der Waals surface area contributed by atoms with E-state index in [0.717, 1.165) is 5.56 Å². The molecule has 3 aromatic carbocycles. The molecule has 0 radical (unpaired) electrons. The Labute approximate surface area is 192 Å². The highest BCUT2D eigenvalue weighted by Gasteiger charge is 2.21. The van der Waals surface area contributed by atoms with Gasteiger partial charge in [-0.15, -0.1) is 0 Å². The Bertz CT molecular complexity index is 1250. The first-order chi connectivity index (χ1) is 16.1. The molecule has 0 amide bonds. The van der Waals surface area contributed by atoms with Gasteiger partial charge in [-0.2, -0.15) is 0 Å². The minimum Gasteiger partial charge on any atom is -0.494 e. The summed E-state index contributed by atoms with van der Waals surface area (Å²) in [5.41, 5.74) is 2.89. The molecule has 6 heteroatoms. The number of carbonyl (C=O) groups excluding carboxylic acids is 1. The van der Waals surface area contributed by atoms with Crippen LogP contribution in [0.3, 0.4) is 0 Å². The number of benzene rings is 3. The van der Waals surface area contributed by atoms with Crippen LogP contribution < -0.4 is 14.2 Å². The van der Waals surface area contributed by atoms with Crippen LogP contribution in [0, 0.1) is 0 Å². The molecule has 6 nitrogen and oxygen atoms in total. The Balaban J connectivity index is 1.79. The number of carbonyl (C=O) groups is 1. The zero-order valence-electron chi connectivity index (χ0n) is 18.8. The maximum atomic E-state index is 13.6. The number of para-hydroxylation sites is 2. The van der Waals surface area contributed by atoms with E-state index in [2.05, 4.69) is 4.98 Å². The number of Topliss-reactive ketones (excluding diaryl/α,β-unsaturated/α-hetero) is 1. The Morgan fingerprint density at radius 2 is 1.70 bits per heavy atom. The molecule has 4 rings (SSSR count). The average molecular weight is 443 g/mol. The van der Waals surface area contributed by atoms with Gasteiger partial charge in [0.2, 0.25) is 5.89 Å². The van der Waals surface area contributed by atoms with E-state index in [1.54, 1.807) is 37.5 Å². The largest absolute Gasteiger partial charge is 0.494 e. The van der Waals surface area contributed by atoms with Crippen LogP contribution in [0.15, 0.2) is 71.1 Å². The van der Waals surface area contributed by atoms with Crippen molar-refractivity contribution in [2.24, 2.45) is 0 Å². The van der Waals surface area contributed by atoms with Gasteiger partial charge < -0.3 is 18.6 Å². The topological polar surface area (TPSA) is 70.8 Å². The lowest BCUT2D eigenvalue weighted by molar-refractivity contribution is 0.105. The van der Waals surface area contributed by atoms with Crippen molar-refractivity contribution in [1.29, 1.82) is 0 Å². The molecule has 0 N–H and O–H groups in total. The van der Waals surface area contributed by atoms with Crippen LogP contribution >= 0.6 is 0 Å². The summed E-state index contributed by atoms with van der Waals surface area (Å²) in [5, 5.41) is 0. The summed E-state index contributed by atoms with van der Waals surface area (Å²) < 4.78 is 22.5. The fourth-order valence-corrected chi connectivity index (χ4v) is 3.45. The second-order valence-corrected chi connectivity index (χ2v) is 7.17. The molecule has 0 saturated heterocycles. The molecule has 0 unspecified atom stereocenters. The molecule has 0 aliphatic heterocycles. The molecular weight excluding hydrogens is 418 g/mol. The summed E-state index contributed by atoms with van der Waals surface area (Å²) >= 11 is 0. The molecule has 1 heterocycles. The SMILES string of the molecule is CCOc1ccc(C(=O)C(=Cc2ccc(OCC)c(OC)c2)c2nc3ccccc3o2)cc1. The predicted octanol–water partition coefficient (Wildman–Crippen LogP) is 6.06. The predicted molar refractivity (Wildman–Crippen MR) is 128 cm³/mol. The van der Waals surface area contributed by atoms with Crippen molar-refractivity contribution in [2.75, 3.05) is 20.3 Å². The van der Waals surface area contributed by atoms with Crippen molar-refractivity contribution >= 4 is 28.5 Å². The molecule has 0 saturated carbocycles. The number of ketones is 1. The number of aromatic nitrogens is 1. The average Bonchev–Trinajstić information content (AvgIpc) is 3.27. The summed E-state index contributed by atoms with van der Waals surface area (Å²) in [6.45, 7) is 4.91. The lowest BCUT2D eigenvalue weighted by Gasteiger charge is -2.10. The molecule has 168 valence electrons. The number of allylic oxidation sites excluding steroid dienone is 1. The Kier molecular flexibility index (Phi) is 6.74. The molecule has 4 aromatic rings. The van der Waals surface area contributed by atoms with E-state index in [0.29, 0.717) is 52.7 Å². The fraction of sp³-hybridized carbons (Fsp3) is 0.185. The zero-order valence-corrected chi connectivity index (χ0v) is 18.8. The number of hydrogen-bond donors (Lipinski definition) is 0. The number of ether oxygens (including phenoxy) is 3. The normalized spacial score (nSPS) is 11.4. The highest BCUT2D eigenvalue weighted by atomic mass is 16.5. The van der Waals surface area contributed by atoms with Gasteiger partial charge in [-0.3, -0.25) is 4.79 Å². The molecule has 0 spiro atoms. The minimum atomic E-state index is -0.211. The van der Waals surface area contributed by atoms with Crippen molar-refractivity contribution in [3.05, 3.63) is 83.7 Å². The number of oxazole rings is 1. The van der Waals surface area contributed by atoms with Crippen molar-refractivity contribution in [3.8, 4) is 17.2 Å². The van der Waals surface area contributed by atoms with Crippen LogP contribution in [0.1, 0.15) is 35.7 Å². The Morgan fingerprint density at radius 1 is 0.939 bits per heavy atom. The van der Waals surface area contributed by atoms with Gasteiger partial charge in [-0.25, -0.2) is 4.98 Å². The van der Waals surface area contributed by atoms with Gasteiger partial charge >= 0.3 is 0 Å². The molecule has 33 heavy (non-hydrogen) atoms. The van der Waals surface area contributed by atoms with E-state index in [4.69, 9.17) is 18.6 Å². The van der Waals surface area contributed by atoms with Crippen molar-refractivity contribution in [2.45, 2.75) is 13.8 Å². The maximum Gasteiger partial charge on any atom is 0.231 e. The van der Waals surface area contributed by atoms with Gasteiger partial charge in [0.15, 0.2) is 22.9 Å². The summed E-state index contributed by atoms with van der Waals surface area (Å²) in [7, 11) is 1.58. The third-order valence-electron chi connectivity index (χ3n) is 4.99. The highest BCUT2D eigenvalue weighted by Crippen LogP contribution is 2.31. The molecule has 1 aromatic heterocycles. The lowest BCUT2D eigenvalue weighted by Crippen LogP contribution is -2.04. The summed E-state index contributed by atoms with van der Waals surface area (Å²) in [4.78, 5) is 18.1. The van der Waals surface area contributed by atoms with Crippen molar-refractivity contribution in [1.82, 2.24) is 4.98 Å². The molecule has 0 fully saturated rings. The molecule has 0 aliphatic rings. The van der Waals surface area contributed by atoms with Crippen LogP contribution in [-0.2, 0) is 0 Å². The molecular formula is C27H25NO5. The van der Waals surface area contributed by atoms with Gasteiger partial charge in [0.25, 0.3) is 0 Å². The van der Waals surface area contributed by atoms with Gasteiger partial charge in [0.1, 0.15) is 11.3 Å². The van der Waals surface area contributed by atoms with Crippen molar-refractivity contribution < 1.29 is 23.4 Å². The summed E-state index contributed by atoms with van der Waals surface area (Å²) in [6, 6.07) is 20.0. The van der Waals surface area contributed by atoms with E-state index in [1.165, 1.54) is 0 Å². The van der Waals surface area contributed by atoms with Crippen LogP contribution in [0.25, 0.3) is 22.7 Å².